The molecule has 0 aliphatic heterocycles. The van der Waals surface area contributed by atoms with Gasteiger partial charge in [0.15, 0.2) is 17.7 Å². The molecule has 0 fully saturated rings. The Balaban J connectivity index is 2.48. The fraction of sp³-hybridized carbons (Fsp3) is 0.222. The van der Waals surface area contributed by atoms with E-state index in [9.17, 15) is 18.0 Å². The van der Waals surface area contributed by atoms with Crippen molar-refractivity contribution in [1.29, 1.82) is 0 Å². The van der Waals surface area contributed by atoms with Crippen LogP contribution in [-0.4, -0.2) is 26.0 Å². The maximum atomic E-state index is 12.0. The second-order valence-electron chi connectivity index (χ2n) is 3.68. The standard InChI is InChI=1S/C9H8F3N5O2S/c1-17-6(13)4(7(14)18)5-8(17)15-2-3(16-5)19-20-9(10,11)12/h2H,13H2,1H3,(H2,14,18). The molecule has 2 rings (SSSR count). The molecule has 4 N–H and O–H groups in total. The number of primary amides is 1. The van der Waals surface area contributed by atoms with Crippen molar-refractivity contribution in [3.63, 3.8) is 0 Å². The van der Waals surface area contributed by atoms with Crippen LogP contribution in [0.5, 0.6) is 5.88 Å². The molecule has 2 aromatic heterocycles. The highest BCUT2D eigenvalue weighted by Gasteiger charge is 2.32. The number of rotatable bonds is 3. The third-order valence-corrected chi connectivity index (χ3v) is 2.81. The average Bonchev–Trinajstić information content (AvgIpc) is 2.58. The minimum atomic E-state index is -4.58. The Bertz CT molecular complexity index is 684. The zero-order valence-electron chi connectivity index (χ0n) is 9.93. The molecule has 0 atom stereocenters. The highest BCUT2D eigenvalue weighted by molar-refractivity contribution is 7.95. The number of carbonyl (C=O) groups excluding carboxylic acids is 1. The van der Waals surface area contributed by atoms with Crippen LogP contribution in [0.15, 0.2) is 6.20 Å². The van der Waals surface area contributed by atoms with Crippen LogP contribution in [0.1, 0.15) is 10.4 Å². The lowest BCUT2D eigenvalue weighted by Gasteiger charge is -2.05. The van der Waals surface area contributed by atoms with Gasteiger partial charge in [-0.05, 0) is 0 Å². The zero-order chi connectivity index (χ0) is 15.1. The van der Waals surface area contributed by atoms with Crippen LogP contribution in [0.4, 0.5) is 19.0 Å². The molecule has 0 aromatic carbocycles. The van der Waals surface area contributed by atoms with E-state index in [1.807, 2.05) is 0 Å². The number of nitrogen functional groups attached to an aromatic ring is 1. The molecule has 108 valence electrons. The molecule has 20 heavy (non-hydrogen) atoms. The predicted molar refractivity (Wildman–Crippen MR) is 65.7 cm³/mol. The topological polar surface area (TPSA) is 109 Å². The van der Waals surface area contributed by atoms with Crippen LogP contribution in [0.3, 0.4) is 0 Å². The Labute approximate surface area is 114 Å². The Morgan fingerprint density at radius 3 is 2.70 bits per heavy atom. The van der Waals surface area contributed by atoms with Gasteiger partial charge in [0.2, 0.25) is 5.88 Å². The molecule has 11 heteroatoms. The van der Waals surface area contributed by atoms with Gasteiger partial charge in [0.25, 0.3) is 5.91 Å². The number of hydrogen-bond donors (Lipinski definition) is 2. The summed E-state index contributed by atoms with van der Waals surface area (Å²) in [5, 5.41) is 0. The number of alkyl halides is 3. The SMILES string of the molecule is Cn1c(N)c(C(N)=O)c2nc(OSC(F)(F)F)cnc21. The highest BCUT2D eigenvalue weighted by atomic mass is 32.2. The number of amides is 1. The number of nitrogens with two attached hydrogens (primary N) is 2. The quantitative estimate of drug-likeness (QED) is 0.825. The third kappa shape index (κ3) is 2.57. The lowest BCUT2D eigenvalue weighted by Crippen LogP contribution is -2.13. The maximum absolute atomic E-state index is 12.0. The monoisotopic (exact) mass is 307 g/mol. The van der Waals surface area contributed by atoms with Gasteiger partial charge in [-0.1, -0.05) is 0 Å². The van der Waals surface area contributed by atoms with Crippen molar-refractivity contribution >= 4 is 34.9 Å². The van der Waals surface area contributed by atoms with Crippen LogP contribution in [0.25, 0.3) is 11.2 Å². The number of anilines is 1. The highest BCUT2D eigenvalue weighted by Crippen LogP contribution is 2.32. The Hall–Kier alpha value is -2.17. The Morgan fingerprint density at radius 1 is 1.50 bits per heavy atom. The van der Waals surface area contributed by atoms with Crippen molar-refractivity contribution in [2.45, 2.75) is 5.51 Å². The normalized spacial score (nSPS) is 11.8. The number of fused-ring (bicyclic) bond motifs is 1. The van der Waals surface area contributed by atoms with E-state index in [1.54, 1.807) is 0 Å². The van der Waals surface area contributed by atoms with E-state index in [0.29, 0.717) is 0 Å². The summed E-state index contributed by atoms with van der Waals surface area (Å²) in [6.45, 7) is 0. The van der Waals surface area contributed by atoms with Gasteiger partial charge in [-0.15, -0.1) is 0 Å². The van der Waals surface area contributed by atoms with Crippen LogP contribution >= 0.6 is 12.0 Å². The van der Waals surface area contributed by atoms with Gasteiger partial charge in [-0.25, -0.2) is 9.97 Å². The minimum absolute atomic E-state index is 0.0159. The second kappa shape index (κ2) is 4.74. The number of aryl methyl sites for hydroxylation is 1. The molecule has 2 aromatic rings. The molecular formula is C9H8F3N5O2S. The number of hydrogen-bond acceptors (Lipinski definition) is 6. The summed E-state index contributed by atoms with van der Waals surface area (Å²) in [7, 11) is 1.52. The molecule has 1 amide bonds. The van der Waals surface area contributed by atoms with Gasteiger partial charge in [0.1, 0.15) is 16.9 Å². The summed E-state index contributed by atoms with van der Waals surface area (Å²) in [4.78, 5) is 18.9. The largest absolute Gasteiger partial charge is 0.479 e. The van der Waals surface area contributed by atoms with Crippen LogP contribution < -0.4 is 15.7 Å². The summed E-state index contributed by atoms with van der Waals surface area (Å²) >= 11 is -0.736. The van der Waals surface area contributed by atoms with E-state index in [0.717, 1.165) is 6.20 Å². The number of carbonyl (C=O) groups is 1. The molecular weight excluding hydrogens is 299 g/mol. The summed E-state index contributed by atoms with van der Waals surface area (Å²) in [6, 6.07) is 0. The van der Waals surface area contributed by atoms with Gasteiger partial charge >= 0.3 is 5.51 Å². The number of halogens is 3. The first-order valence-corrected chi connectivity index (χ1v) is 5.78. The van der Waals surface area contributed by atoms with E-state index in [4.69, 9.17) is 11.5 Å². The first-order valence-electron chi connectivity index (χ1n) is 5.04. The maximum Gasteiger partial charge on any atom is 0.479 e. The van der Waals surface area contributed by atoms with E-state index in [2.05, 4.69) is 14.2 Å². The molecule has 0 saturated carbocycles. The first-order chi connectivity index (χ1) is 9.20. The first kappa shape index (κ1) is 14.2. The van der Waals surface area contributed by atoms with E-state index >= 15 is 0 Å². The Morgan fingerprint density at radius 2 is 2.15 bits per heavy atom. The smallest absolute Gasteiger partial charge is 0.395 e. The minimum Gasteiger partial charge on any atom is -0.395 e. The van der Waals surface area contributed by atoms with E-state index < -0.39 is 29.3 Å². The van der Waals surface area contributed by atoms with Crippen molar-refractivity contribution in [2.24, 2.45) is 12.8 Å². The fourth-order valence-electron chi connectivity index (χ4n) is 1.56. The van der Waals surface area contributed by atoms with Gasteiger partial charge in [0.05, 0.1) is 6.20 Å². The molecule has 0 aliphatic rings. The lowest BCUT2D eigenvalue weighted by atomic mass is 10.2. The summed E-state index contributed by atoms with van der Waals surface area (Å²) < 4.78 is 41.8. The van der Waals surface area contributed by atoms with Crippen LogP contribution in [-0.2, 0) is 7.05 Å². The third-order valence-electron chi connectivity index (χ3n) is 2.37. The molecule has 0 bridgehead atoms. The van der Waals surface area contributed by atoms with Crippen molar-refractivity contribution < 1.29 is 22.1 Å². The fourth-order valence-corrected chi connectivity index (χ4v) is 1.82. The van der Waals surface area contributed by atoms with Crippen LogP contribution in [0.2, 0.25) is 0 Å². The molecule has 0 saturated heterocycles. The summed E-state index contributed by atoms with van der Waals surface area (Å²) in [5.41, 5.74) is 6.32. The van der Waals surface area contributed by atoms with Crippen molar-refractivity contribution in [1.82, 2.24) is 14.5 Å². The Kier molecular flexibility index (Phi) is 3.38. The molecule has 2 heterocycles. The van der Waals surface area contributed by atoms with Gasteiger partial charge in [-0.3, -0.25) is 4.79 Å². The molecule has 0 radical (unpaired) electrons. The van der Waals surface area contributed by atoms with Gasteiger partial charge in [0, 0.05) is 7.05 Å². The molecule has 0 aliphatic carbocycles. The van der Waals surface area contributed by atoms with Crippen molar-refractivity contribution in [3.05, 3.63) is 11.8 Å². The molecule has 0 unspecified atom stereocenters. The average molecular weight is 307 g/mol. The molecule has 0 spiro atoms. The lowest BCUT2D eigenvalue weighted by molar-refractivity contribution is -0.0370. The molecule has 7 nitrogen and oxygen atoms in total. The van der Waals surface area contributed by atoms with Crippen molar-refractivity contribution in [2.75, 3.05) is 5.73 Å². The zero-order valence-corrected chi connectivity index (χ0v) is 10.7. The summed E-state index contributed by atoms with van der Waals surface area (Å²) in [5.74, 6) is -1.25. The number of aromatic nitrogens is 3. The predicted octanol–water partition coefficient (Wildman–Crippen LogP) is 1.20. The van der Waals surface area contributed by atoms with E-state index in [-0.39, 0.29) is 22.5 Å². The van der Waals surface area contributed by atoms with Crippen molar-refractivity contribution in [3.8, 4) is 5.88 Å². The van der Waals surface area contributed by atoms with Gasteiger partial charge in [-0.2, -0.15) is 13.2 Å². The second-order valence-corrected chi connectivity index (χ2v) is 4.47. The van der Waals surface area contributed by atoms with Gasteiger partial charge < -0.3 is 20.2 Å². The summed E-state index contributed by atoms with van der Waals surface area (Å²) in [6.07, 6.45) is 0.991. The van der Waals surface area contributed by atoms with E-state index in [1.165, 1.54) is 11.6 Å². The van der Waals surface area contributed by atoms with Crippen LogP contribution in [0, 0.1) is 0 Å². The number of nitrogens with zero attached hydrogens (tertiary/aromatic N) is 3.